The number of aromatic nitrogens is 3. The first-order chi connectivity index (χ1) is 9.63. The molecule has 0 atom stereocenters. The number of hydrogen-bond acceptors (Lipinski definition) is 5. The first-order valence-corrected chi connectivity index (χ1v) is 5.89. The Morgan fingerprint density at radius 1 is 1.55 bits per heavy atom. The second-order valence-corrected chi connectivity index (χ2v) is 3.96. The Balaban J connectivity index is 2.10. The number of methoxy groups -OCH3 is 1. The monoisotopic (exact) mass is 279 g/mol. The lowest BCUT2D eigenvalue weighted by atomic mass is 10.3. The lowest BCUT2D eigenvalue weighted by Crippen LogP contribution is -2.13. The van der Waals surface area contributed by atoms with E-state index in [2.05, 4.69) is 15.6 Å². The van der Waals surface area contributed by atoms with Crippen LogP contribution in [-0.4, -0.2) is 34.6 Å². The summed E-state index contributed by atoms with van der Waals surface area (Å²) in [4.78, 5) is 11.9. The average Bonchev–Trinajstić information content (AvgIpc) is 2.90. The smallest absolute Gasteiger partial charge is 0.277 e. The number of benzene rings is 1. The Bertz CT molecular complexity index is 614. The summed E-state index contributed by atoms with van der Waals surface area (Å²) in [5.41, 5.74) is 5.94. The predicted octanol–water partition coefficient (Wildman–Crippen LogP) is 0.637. The first kappa shape index (κ1) is 13.9. The quantitative estimate of drug-likeness (QED) is 0.837. The van der Waals surface area contributed by atoms with E-state index < -0.39 is 11.7 Å². The molecule has 0 fully saturated rings. The van der Waals surface area contributed by atoms with Crippen LogP contribution in [-0.2, 0) is 6.54 Å². The molecule has 0 aliphatic rings. The Morgan fingerprint density at radius 3 is 3.05 bits per heavy atom. The van der Waals surface area contributed by atoms with Crippen molar-refractivity contribution >= 4 is 11.6 Å². The molecule has 20 heavy (non-hydrogen) atoms. The van der Waals surface area contributed by atoms with Gasteiger partial charge in [-0.15, -0.1) is 5.10 Å². The normalized spacial score (nSPS) is 10.3. The fraction of sp³-hybridized carbons (Fsp3) is 0.250. The van der Waals surface area contributed by atoms with Crippen molar-refractivity contribution in [1.82, 2.24) is 15.0 Å². The number of hydrogen-bond donors (Lipinski definition) is 2. The van der Waals surface area contributed by atoms with Gasteiger partial charge >= 0.3 is 0 Å². The van der Waals surface area contributed by atoms with Crippen molar-refractivity contribution in [1.29, 1.82) is 0 Å². The van der Waals surface area contributed by atoms with Crippen LogP contribution in [0.1, 0.15) is 10.5 Å². The molecule has 0 aliphatic carbocycles. The van der Waals surface area contributed by atoms with Crippen molar-refractivity contribution in [2.75, 3.05) is 19.0 Å². The molecule has 7 nitrogen and oxygen atoms in total. The molecule has 2 aromatic rings. The van der Waals surface area contributed by atoms with Crippen LogP contribution in [0.3, 0.4) is 0 Å². The van der Waals surface area contributed by atoms with Crippen molar-refractivity contribution < 1.29 is 13.9 Å². The fourth-order valence-electron chi connectivity index (χ4n) is 1.58. The highest BCUT2D eigenvalue weighted by atomic mass is 19.1. The van der Waals surface area contributed by atoms with E-state index in [0.29, 0.717) is 18.8 Å². The Morgan fingerprint density at radius 2 is 2.35 bits per heavy atom. The topological polar surface area (TPSA) is 95.1 Å². The minimum absolute atomic E-state index is 0.0505. The Hall–Kier alpha value is -2.48. The number of carbonyl (C=O) groups is 1. The van der Waals surface area contributed by atoms with Gasteiger partial charge in [0.05, 0.1) is 19.9 Å². The van der Waals surface area contributed by atoms with Crippen LogP contribution in [0.2, 0.25) is 0 Å². The summed E-state index contributed by atoms with van der Waals surface area (Å²) in [5.74, 6) is -0.893. The van der Waals surface area contributed by atoms with Crippen LogP contribution in [0, 0.1) is 5.82 Å². The van der Waals surface area contributed by atoms with Gasteiger partial charge in [-0.1, -0.05) is 5.21 Å². The summed E-state index contributed by atoms with van der Waals surface area (Å²) in [6, 6.07) is 4.03. The maximum Gasteiger partial charge on any atom is 0.277 e. The molecular weight excluding hydrogens is 265 g/mol. The number of anilines is 1. The van der Waals surface area contributed by atoms with Gasteiger partial charge in [0.2, 0.25) is 0 Å². The summed E-state index contributed by atoms with van der Waals surface area (Å²) in [6.07, 6.45) is 1.49. The number of nitrogens with zero attached hydrogens (tertiary/aromatic N) is 3. The Labute approximate surface area is 114 Å². The lowest BCUT2D eigenvalue weighted by molar-refractivity contribution is 0.102. The van der Waals surface area contributed by atoms with Gasteiger partial charge in [0, 0.05) is 18.3 Å². The Kier molecular flexibility index (Phi) is 4.26. The molecule has 0 aliphatic heterocycles. The fourth-order valence-corrected chi connectivity index (χ4v) is 1.58. The molecule has 106 valence electrons. The number of rotatable bonds is 5. The van der Waals surface area contributed by atoms with Gasteiger partial charge in [0.15, 0.2) is 17.3 Å². The lowest BCUT2D eigenvalue weighted by Gasteiger charge is -2.06. The molecular formula is C12H14FN5O2. The van der Waals surface area contributed by atoms with Crippen molar-refractivity contribution in [2.45, 2.75) is 6.54 Å². The molecule has 3 N–H and O–H groups in total. The largest absolute Gasteiger partial charge is 0.494 e. The highest BCUT2D eigenvalue weighted by Crippen LogP contribution is 2.21. The molecule has 0 bridgehead atoms. The van der Waals surface area contributed by atoms with Gasteiger partial charge in [-0.2, -0.15) is 0 Å². The third-order valence-corrected chi connectivity index (χ3v) is 2.54. The summed E-state index contributed by atoms with van der Waals surface area (Å²) in [6.45, 7) is 0.879. The van der Waals surface area contributed by atoms with Crippen molar-refractivity contribution in [3.8, 4) is 5.75 Å². The standard InChI is InChI=1S/C12H14FN5O2/c1-20-11-6-8(2-3-9(11)13)15-12(19)10-7-18(5-4-14)17-16-10/h2-3,6-7H,4-5,14H2,1H3,(H,15,19). The van der Waals surface area contributed by atoms with E-state index in [4.69, 9.17) is 10.5 Å². The zero-order valence-electron chi connectivity index (χ0n) is 10.8. The minimum atomic E-state index is -0.501. The summed E-state index contributed by atoms with van der Waals surface area (Å²) < 4.78 is 19.6. The number of carbonyl (C=O) groups excluding carboxylic acids is 1. The third-order valence-electron chi connectivity index (χ3n) is 2.54. The second kappa shape index (κ2) is 6.11. The van der Waals surface area contributed by atoms with E-state index in [-0.39, 0.29) is 11.4 Å². The first-order valence-electron chi connectivity index (χ1n) is 5.89. The van der Waals surface area contributed by atoms with Gasteiger partial charge < -0.3 is 15.8 Å². The molecule has 0 saturated carbocycles. The maximum absolute atomic E-state index is 13.2. The summed E-state index contributed by atoms with van der Waals surface area (Å²) in [7, 11) is 1.35. The SMILES string of the molecule is COc1cc(NC(=O)c2cn(CCN)nn2)ccc1F. The summed E-state index contributed by atoms with van der Waals surface area (Å²) in [5, 5.41) is 10.1. The van der Waals surface area contributed by atoms with E-state index in [0.717, 1.165) is 0 Å². The van der Waals surface area contributed by atoms with Crippen LogP contribution < -0.4 is 15.8 Å². The molecule has 0 radical (unpaired) electrons. The average molecular weight is 279 g/mol. The van der Waals surface area contributed by atoms with Gasteiger partial charge in [-0.05, 0) is 12.1 Å². The molecule has 0 saturated heterocycles. The number of nitrogens with one attached hydrogen (secondary N) is 1. The zero-order chi connectivity index (χ0) is 14.5. The highest BCUT2D eigenvalue weighted by Gasteiger charge is 2.12. The molecule has 1 amide bonds. The highest BCUT2D eigenvalue weighted by molar-refractivity contribution is 6.02. The van der Waals surface area contributed by atoms with Crippen LogP contribution in [0.4, 0.5) is 10.1 Å². The minimum Gasteiger partial charge on any atom is -0.494 e. The molecule has 2 rings (SSSR count). The second-order valence-electron chi connectivity index (χ2n) is 3.96. The zero-order valence-corrected chi connectivity index (χ0v) is 10.8. The van der Waals surface area contributed by atoms with E-state index >= 15 is 0 Å². The van der Waals surface area contributed by atoms with Crippen LogP contribution in [0.25, 0.3) is 0 Å². The van der Waals surface area contributed by atoms with Crippen LogP contribution in [0.5, 0.6) is 5.75 Å². The van der Waals surface area contributed by atoms with E-state index in [9.17, 15) is 9.18 Å². The number of halogens is 1. The maximum atomic E-state index is 13.2. The van der Waals surface area contributed by atoms with E-state index in [1.54, 1.807) is 0 Å². The van der Waals surface area contributed by atoms with Crippen molar-refractivity contribution in [2.24, 2.45) is 5.73 Å². The van der Waals surface area contributed by atoms with E-state index in [1.165, 1.54) is 36.2 Å². The number of amides is 1. The number of nitrogens with two attached hydrogens (primary N) is 1. The van der Waals surface area contributed by atoms with Crippen molar-refractivity contribution in [3.05, 3.63) is 35.9 Å². The number of ether oxygens (including phenoxy) is 1. The molecule has 8 heteroatoms. The molecule has 1 heterocycles. The predicted molar refractivity (Wildman–Crippen MR) is 70.0 cm³/mol. The molecule has 1 aromatic heterocycles. The van der Waals surface area contributed by atoms with Gasteiger partial charge in [0.1, 0.15) is 0 Å². The molecule has 0 unspecified atom stereocenters. The molecule has 1 aromatic carbocycles. The summed E-state index contributed by atoms with van der Waals surface area (Å²) >= 11 is 0. The molecule has 0 spiro atoms. The van der Waals surface area contributed by atoms with Crippen LogP contribution in [0.15, 0.2) is 24.4 Å². The van der Waals surface area contributed by atoms with Gasteiger partial charge in [-0.3, -0.25) is 9.48 Å². The van der Waals surface area contributed by atoms with Gasteiger partial charge in [0.25, 0.3) is 5.91 Å². The third kappa shape index (κ3) is 3.09. The van der Waals surface area contributed by atoms with Gasteiger partial charge in [-0.25, -0.2) is 4.39 Å². The van der Waals surface area contributed by atoms with E-state index in [1.807, 2.05) is 0 Å². The van der Waals surface area contributed by atoms with Crippen molar-refractivity contribution in [3.63, 3.8) is 0 Å². The van der Waals surface area contributed by atoms with Crippen LogP contribution >= 0.6 is 0 Å².